The number of likely N-dealkylation sites (tertiary alicyclic amines) is 1. The van der Waals surface area contributed by atoms with Crippen LogP contribution in [0, 0.1) is 0 Å². The smallest absolute Gasteiger partial charge is 0.410 e. The van der Waals surface area contributed by atoms with Gasteiger partial charge in [0.15, 0.2) is 0 Å². The molecule has 1 aromatic carbocycles. The molecule has 0 aromatic heterocycles. The fraction of sp³-hybridized carbons (Fsp3) is 0.667. The lowest BCUT2D eigenvalue weighted by Gasteiger charge is -2.37. The molecule has 1 fully saturated rings. The highest BCUT2D eigenvalue weighted by Gasteiger charge is 2.30. The number of halogens is 2. The second-order valence-corrected chi connectivity index (χ2v) is 11.3. The van der Waals surface area contributed by atoms with E-state index in [0.717, 1.165) is 38.8 Å². The van der Waals surface area contributed by atoms with Gasteiger partial charge >= 0.3 is 6.09 Å². The van der Waals surface area contributed by atoms with E-state index in [4.69, 9.17) is 27.9 Å². The standard InChI is InChI=1S/C21H33Cl2N3O4S/c1-21(2,3)30-20(27)26-13-7-4-8-17(26)15-24-11-5-6-12-25-31(28,29)19-10-9-16(22)14-18(19)23/h9-10,14,17,24-25H,4-8,11-13,15H2,1-3H3. The molecule has 10 heteroatoms. The van der Waals surface area contributed by atoms with Crippen LogP contribution in [0.15, 0.2) is 23.1 Å². The van der Waals surface area contributed by atoms with Crippen molar-refractivity contribution >= 4 is 39.3 Å². The number of nitrogens with one attached hydrogen (secondary N) is 2. The molecule has 1 aliphatic heterocycles. The Morgan fingerprint density at radius 2 is 1.90 bits per heavy atom. The number of piperidine rings is 1. The zero-order chi connectivity index (χ0) is 23.1. The second-order valence-electron chi connectivity index (χ2n) is 8.71. The molecule has 31 heavy (non-hydrogen) atoms. The molecule has 0 aliphatic carbocycles. The van der Waals surface area contributed by atoms with E-state index in [1.54, 1.807) is 0 Å². The highest BCUT2D eigenvalue weighted by molar-refractivity contribution is 7.89. The van der Waals surface area contributed by atoms with E-state index in [1.165, 1.54) is 18.2 Å². The van der Waals surface area contributed by atoms with Crippen molar-refractivity contribution in [2.75, 3.05) is 26.2 Å². The number of nitrogens with zero attached hydrogens (tertiary/aromatic N) is 1. The largest absolute Gasteiger partial charge is 0.444 e. The molecule has 2 N–H and O–H groups in total. The zero-order valence-electron chi connectivity index (χ0n) is 18.4. The lowest BCUT2D eigenvalue weighted by Crippen LogP contribution is -2.50. The van der Waals surface area contributed by atoms with Crippen molar-refractivity contribution in [3.05, 3.63) is 28.2 Å². The number of carbonyl (C=O) groups is 1. The predicted octanol–water partition coefficient (Wildman–Crippen LogP) is 4.43. The normalized spacial score (nSPS) is 17.6. The van der Waals surface area contributed by atoms with Crippen molar-refractivity contribution in [3.8, 4) is 0 Å². The average Bonchev–Trinajstić information content (AvgIpc) is 2.65. The number of amides is 1. The summed E-state index contributed by atoms with van der Waals surface area (Å²) >= 11 is 11.8. The van der Waals surface area contributed by atoms with Crippen LogP contribution in [0.25, 0.3) is 0 Å². The molecular weight excluding hydrogens is 461 g/mol. The van der Waals surface area contributed by atoms with Crippen LogP contribution in [0.3, 0.4) is 0 Å². The van der Waals surface area contributed by atoms with Crippen LogP contribution in [-0.4, -0.2) is 57.2 Å². The van der Waals surface area contributed by atoms with Crippen molar-refractivity contribution in [2.45, 2.75) is 69.4 Å². The summed E-state index contributed by atoms with van der Waals surface area (Å²) in [5.41, 5.74) is -0.504. The molecule has 1 heterocycles. The summed E-state index contributed by atoms with van der Waals surface area (Å²) in [5.74, 6) is 0. The van der Waals surface area contributed by atoms with Crippen molar-refractivity contribution in [2.24, 2.45) is 0 Å². The lowest BCUT2D eigenvalue weighted by atomic mass is 10.0. The van der Waals surface area contributed by atoms with Crippen LogP contribution in [0.2, 0.25) is 10.0 Å². The van der Waals surface area contributed by atoms with Crippen molar-refractivity contribution in [1.29, 1.82) is 0 Å². The van der Waals surface area contributed by atoms with Crippen LogP contribution in [0.4, 0.5) is 4.79 Å². The fourth-order valence-corrected chi connectivity index (χ4v) is 5.24. The van der Waals surface area contributed by atoms with Crippen molar-refractivity contribution in [3.63, 3.8) is 0 Å². The van der Waals surface area contributed by atoms with E-state index in [1.807, 2.05) is 25.7 Å². The number of ether oxygens (including phenoxy) is 1. The molecule has 2 rings (SSSR count). The number of hydrogen-bond acceptors (Lipinski definition) is 5. The molecule has 0 spiro atoms. The van der Waals surface area contributed by atoms with Gasteiger partial charge in [-0.2, -0.15) is 0 Å². The van der Waals surface area contributed by atoms with E-state index in [0.29, 0.717) is 24.5 Å². The van der Waals surface area contributed by atoms with Gasteiger partial charge in [-0.25, -0.2) is 17.9 Å². The molecule has 1 amide bonds. The number of benzene rings is 1. The third-order valence-electron chi connectivity index (χ3n) is 4.89. The molecule has 1 saturated heterocycles. The third kappa shape index (κ3) is 8.77. The van der Waals surface area contributed by atoms with Gasteiger partial charge in [-0.1, -0.05) is 23.2 Å². The molecular formula is C21H33Cl2N3O4S. The molecule has 0 bridgehead atoms. The Morgan fingerprint density at radius 3 is 2.58 bits per heavy atom. The first kappa shape index (κ1) is 26.2. The Bertz CT molecular complexity index is 844. The summed E-state index contributed by atoms with van der Waals surface area (Å²) in [6, 6.07) is 4.43. The van der Waals surface area contributed by atoms with Crippen molar-refractivity contribution in [1.82, 2.24) is 14.9 Å². The van der Waals surface area contributed by atoms with Gasteiger partial charge in [-0.15, -0.1) is 0 Å². The van der Waals surface area contributed by atoms with Crippen LogP contribution in [0.1, 0.15) is 52.9 Å². The van der Waals surface area contributed by atoms with E-state index in [9.17, 15) is 13.2 Å². The summed E-state index contributed by atoms with van der Waals surface area (Å²) in [6.07, 6.45) is 4.27. The van der Waals surface area contributed by atoms with E-state index < -0.39 is 15.6 Å². The third-order valence-corrected chi connectivity index (χ3v) is 7.07. The van der Waals surface area contributed by atoms with Gasteiger partial charge < -0.3 is 15.0 Å². The fourth-order valence-electron chi connectivity index (χ4n) is 3.39. The quantitative estimate of drug-likeness (QED) is 0.496. The Kier molecular flexibility index (Phi) is 9.89. The Morgan fingerprint density at radius 1 is 1.19 bits per heavy atom. The van der Waals surface area contributed by atoms with Crippen LogP contribution in [0.5, 0.6) is 0 Å². The number of hydrogen-bond donors (Lipinski definition) is 2. The molecule has 1 atom stereocenters. The highest BCUT2D eigenvalue weighted by atomic mass is 35.5. The first-order valence-electron chi connectivity index (χ1n) is 10.6. The van der Waals surface area contributed by atoms with Gasteiger partial charge in [0.2, 0.25) is 10.0 Å². The minimum atomic E-state index is -3.67. The Balaban J connectivity index is 1.69. The average molecular weight is 494 g/mol. The van der Waals surface area contributed by atoms with Crippen LogP contribution < -0.4 is 10.0 Å². The second kappa shape index (κ2) is 11.7. The van der Waals surface area contributed by atoms with Gasteiger partial charge in [0.1, 0.15) is 10.5 Å². The van der Waals surface area contributed by atoms with E-state index in [-0.39, 0.29) is 22.1 Å². The minimum absolute atomic E-state index is 0.0243. The molecule has 1 unspecified atom stereocenters. The number of carbonyl (C=O) groups excluding carboxylic acids is 1. The summed E-state index contributed by atoms with van der Waals surface area (Å²) in [4.78, 5) is 14.3. The summed E-state index contributed by atoms with van der Waals surface area (Å²) in [5, 5.41) is 3.87. The Hall–Kier alpha value is -1.06. The summed E-state index contributed by atoms with van der Waals surface area (Å²) in [7, 11) is -3.67. The van der Waals surface area contributed by atoms with Crippen LogP contribution in [-0.2, 0) is 14.8 Å². The minimum Gasteiger partial charge on any atom is -0.444 e. The monoisotopic (exact) mass is 493 g/mol. The van der Waals surface area contributed by atoms with Gasteiger partial charge in [-0.3, -0.25) is 0 Å². The first-order valence-corrected chi connectivity index (χ1v) is 12.9. The van der Waals surface area contributed by atoms with Gasteiger partial charge in [0, 0.05) is 30.7 Å². The molecule has 7 nitrogen and oxygen atoms in total. The molecule has 0 saturated carbocycles. The topological polar surface area (TPSA) is 87.7 Å². The molecule has 0 radical (unpaired) electrons. The molecule has 1 aromatic rings. The SMILES string of the molecule is CC(C)(C)OC(=O)N1CCCCC1CNCCCCNS(=O)(=O)c1ccc(Cl)cc1Cl. The first-order chi connectivity index (χ1) is 14.5. The van der Waals surface area contributed by atoms with E-state index in [2.05, 4.69) is 10.0 Å². The number of unbranched alkanes of at least 4 members (excludes halogenated alkanes) is 1. The molecule has 176 valence electrons. The number of sulfonamides is 1. The zero-order valence-corrected chi connectivity index (χ0v) is 20.7. The molecule has 1 aliphatic rings. The maximum absolute atomic E-state index is 12.4. The van der Waals surface area contributed by atoms with Crippen molar-refractivity contribution < 1.29 is 17.9 Å². The maximum atomic E-state index is 12.4. The van der Waals surface area contributed by atoms with Crippen LogP contribution >= 0.6 is 23.2 Å². The number of rotatable bonds is 9. The summed E-state index contributed by atoms with van der Waals surface area (Å²) in [6.45, 7) is 8.09. The maximum Gasteiger partial charge on any atom is 0.410 e. The summed E-state index contributed by atoms with van der Waals surface area (Å²) < 4.78 is 32.8. The highest BCUT2D eigenvalue weighted by Crippen LogP contribution is 2.24. The van der Waals surface area contributed by atoms with Gasteiger partial charge in [-0.05, 0) is 77.6 Å². The lowest BCUT2D eigenvalue weighted by molar-refractivity contribution is 0.00997. The Labute approximate surface area is 195 Å². The van der Waals surface area contributed by atoms with Gasteiger partial charge in [0.25, 0.3) is 0 Å². The van der Waals surface area contributed by atoms with Gasteiger partial charge in [0.05, 0.1) is 5.02 Å². The predicted molar refractivity (Wildman–Crippen MR) is 124 cm³/mol. The van der Waals surface area contributed by atoms with E-state index >= 15 is 0 Å².